The van der Waals surface area contributed by atoms with Crippen molar-refractivity contribution in [2.24, 2.45) is 5.84 Å². The summed E-state index contributed by atoms with van der Waals surface area (Å²) in [7, 11) is 1.63. The molecule has 3 N–H and O–H groups in total. The lowest BCUT2D eigenvalue weighted by Gasteiger charge is -2.24. The number of nitrogens with one attached hydrogen (secondary N) is 1. The molecule has 1 heterocycles. The third kappa shape index (κ3) is 5.56. The van der Waals surface area contributed by atoms with Gasteiger partial charge in [0.25, 0.3) is 5.56 Å². The first-order valence-corrected chi connectivity index (χ1v) is 10.4. The second-order valence-electron chi connectivity index (χ2n) is 7.24. The molecule has 170 valence electrons. The lowest BCUT2D eigenvalue weighted by molar-refractivity contribution is -0.137. The van der Waals surface area contributed by atoms with E-state index in [0.29, 0.717) is 24.3 Å². The third-order valence-electron chi connectivity index (χ3n) is 5.05. The van der Waals surface area contributed by atoms with Crippen LogP contribution in [0.1, 0.15) is 16.8 Å². The molecule has 0 saturated heterocycles. The highest BCUT2D eigenvalue weighted by Crippen LogP contribution is 2.32. The van der Waals surface area contributed by atoms with Crippen molar-refractivity contribution in [2.45, 2.75) is 25.7 Å². The molecule has 5 nitrogen and oxygen atoms in total. The second-order valence-corrected chi connectivity index (χ2v) is 8.05. The highest BCUT2D eigenvalue weighted by Gasteiger charge is 2.30. The van der Waals surface area contributed by atoms with Gasteiger partial charge in [-0.2, -0.15) is 13.2 Å². The molecule has 0 fully saturated rings. The van der Waals surface area contributed by atoms with Crippen molar-refractivity contribution in [2.75, 3.05) is 17.4 Å². The highest BCUT2D eigenvalue weighted by molar-refractivity contribution is 6.34. The van der Waals surface area contributed by atoms with Crippen LogP contribution in [-0.2, 0) is 25.7 Å². The number of nitrogens with zero attached hydrogens (tertiary/aromatic N) is 2. The van der Waals surface area contributed by atoms with Crippen molar-refractivity contribution in [3.63, 3.8) is 0 Å². The van der Waals surface area contributed by atoms with E-state index in [0.717, 1.165) is 23.4 Å². The summed E-state index contributed by atoms with van der Waals surface area (Å²) in [6, 6.07) is 13.7. The molecule has 0 aliphatic carbocycles. The van der Waals surface area contributed by atoms with Gasteiger partial charge in [0, 0.05) is 25.0 Å². The standard InChI is InChI=1S/C22H21Cl2F3N4O/c1-30(17-4-2-3-15(11-17)22(25,26)27)13-20-18(23)12-19(24)21(32)31(20)10-9-14-5-7-16(29-28)8-6-14/h2-8,11-12,29H,9-10,13,28H2,1H3. The zero-order valence-corrected chi connectivity index (χ0v) is 18.6. The van der Waals surface area contributed by atoms with Gasteiger partial charge in [-0.3, -0.25) is 10.6 Å². The van der Waals surface area contributed by atoms with Gasteiger partial charge < -0.3 is 14.9 Å². The van der Waals surface area contributed by atoms with Crippen LogP contribution in [0.3, 0.4) is 0 Å². The van der Waals surface area contributed by atoms with Gasteiger partial charge in [0.2, 0.25) is 0 Å². The average molecular weight is 485 g/mol. The molecular weight excluding hydrogens is 464 g/mol. The van der Waals surface area contributed by atoms with Crippen LogP contribution in [0.2, 0.25) is 10.0 Å². The maximum Gasteiger partial charge on any atom is 0.416 e. The normalized spacial score (nSPS) is 11.5. The summed E-state index contributed by atoms with van der Waals surface area (Å²) in [5.41, 5.74) is 3.89. The first kappa shape index (κ1) is 24.0. The van der Waals surface area contributed by atoms with Crippen LogP contribution in [0.4, 0.5) is 24.5 Å². The Kier molecular flexibility index (Phi) is 7.38. The minimum absolute atomic E-state index is 0.0249. The Morgan fingerprint density at radius 1 is 1.06 bits per heavy atom. The third-order valence-corrected chi connectivity index (χ3v) is 5.65. The molecular formula is C22H21Cl2F3N4O. The highest BCUT2D eigenvalue weighted by atomic mass is 35.5. The largest absolute Gasteiger partial charge is 0.416 e. The molecule has 0 aliphatic heterocycles. The van der Waals surface area contributed by atoms with Crippen molar-refractivity contribution >= 4 is 34.6 Å². The quantitative estimate of drug-likeness (QED) is 0.351. The molecule has 0 spiro atoms. The van der Waals surface area contributed by atoms with E-state index in [9.17, 15) is 18.0 Å². The van der Waals surface area contributed by atoms with E-state index in [1.165, 1.54) is 16.7 Å². The van der Waals surface area contributed by atoms with Crippen molar-refractivity contribution in [1.82, 2.24) is 4.57 Å². The zero-order valence-electron chi connectivity index (χ0n) is 17.1. The van der Waals surface area contributed by atoms with Crippen LogP contribution in [0, 0.1) is 0 Å². The monoisotopic (exact) mass is 484 g/mol. The predicted octanol–water partition coefficient (Wildman–Crippen LogP) is 5.34. The summed E-state index contributed by atoms with van der Waals surface area (Å²) in [6.45, 7) is 0.406. The van der Waals surface area contributed by atoms with Gasteiger partial charge in [0.15, 0.2) is 0 Å². The molecule has 32 heavy (non-hydrogen) atoms. The molecule has 3 aromatic rings. The molecule has 0 amide bonds. The fraction of sp³-hybridized carbons (Fsp3) is 0.227. The van der Waals surface area contributed by atoms with Gasteiger partial charge in [-0.05, 0) is 48.4 Å². The van der Waals surface area contributed by atoms with E-state index in [1.807, 2.05) is 24.3 Å². The van der Waals surface area contributed by atoms with Crippen LogP contribution in [0.15, 0.2) is 59.4 Å². The number of aryl methyl sites for hydroxylation is 1. The fourth-order valence-corrected chi connectivity index (χ4v) is 3.82. The van der Waals surface area contributed by atoms with Gasteiger partial charge in [-0.15, -0.1) is 0 Å². The van der Waals surface area contributed by atoms with E-state index in [2.05, 4.69) is 5.43 Å². The van der Waals surface area contributed by atoms with Gasteiger partial charge >= 0.3 is 6.18 Å². The second kappa shape index (κ2) is 9.85. The molecule has 3 rings (SSSR count). The van der Waals surface area contributed by atoms with E-state index in [4.69, 9.17) is 29.0 Å². The number of aromatic nitrogens is 1. The number of hydrogen-bond acceptors (Lipinski definition) is 4. The number of alkyl halides is 3. The van der Waals surface area contributed by atoms with Crippen molar-refractivity contribution in [3.05, 3.63) is 91.8 Å². The summed E-state index contributed by atoms with van der Waals surface area (Å²) in [4.78, 5) is 14.3. The van der Waals surface area contributed by atoms with E-state index in [1.54, 1.807) is 18.0 Å². The molecule has 2 aromatic carbocycles. The number of benzene rings is 2. The van der Waals surface area contributed by atoms with Crippen molar-refractivity contribution in [1.29, 1.82) is 0 Å². The smallest absolute Gasteiger partial charge is 0.369 e. The minimum atomic E-state index is -4.45. The molecule has 0 atom stereocenters. The number of anilines is 2. The predicted molar refractivity (Wildman–Crippen MR) is 122 cm³/mol. The molecule has 0 aliphatic rings. The Hall–Kier alpha value is -2.68. The summed E-state index contributed by atoms with van der Waals surface area (Å²) < 4.78 is 40.7. The van der Waals surface area contributed by atoms with Crippen molar-refractivity contribution in [3.8, 4) is 0 Å². The Morgan fingerprint density at radius 2 is 1.75 bits per heavy atom. The van der Waals surface area contributed by atoms with E-state index in [-0.39, 0.29) is 16.6 Å². The zero-order chi connectivity index (χ0) is 23.5. The summed E-state index contributed by atoms with van der Waals surface area (Å²) in [5, 5.41) is 0.235. The number of pyridine rings is 1. The van der Waals surface area contributed by atoms with E-state index < -0.39 is 17.3 Å². The maximum absolute atomic E-state index is 13.1. The van der Waals surface area contributed by atoms with Gasteiger partial charge in [0.1, 0.15) is 5.02 Å². The molecule has 0 radical (unpaired) electrons. The topological polar surface area (TPSA) is 63.3 Å². The summed E-state index contributed by atoms with van der Waals surface area (Å²) in [5.74, 6) is 5.37. The first-order valence-electron chi connectivity index (χ1n) is 9.62. The first-order chi connectivity index (χ1) is 15.1. The summed E-state index contributed by atoms with van der Waals surface area (Å²) >= 11 is 12.4. The molecule has 0 unspecified atom stereocenters. The van der Waals surface area contributed by atoms with E-state index >= 15 is 0 Å². The van der Waals surface area contributed by atoms with Gasteiger partial charge in [0.05, 0.1) is 22.8 Å². The minimum Gasteiger partial charge on any atom is -0.369 e. The Labute approximate surface area is 193 Å². The molecule has 0 bridgehead atoms. The Morgan fingerprint density at radius 3 is 2.38 bits per heavy atom. The lowest BCUT2D eigenvalue weighted by Crippen LogP contribution is -2.29. The number of hydrazine groups is 1. The molecule has 0 saturated carbocycles. The SMILES string of the molecule is CN(Cc1c(Cl)cc(Cl)c(=O)n1CCc1ccc(NN)cc1)c1cccc(C(F)(F)F)c1. The van der Waals surface area contributed by atoms with Crippen LogP contribution < -0.4 is 21.7 Å². The van der Waals surface area contributed by atoms with Crippen LogP contribution in [0.25, 0.3) is 0 Å². The fourth-order valence-electron chi connectivity index (χ4n) is 3.28. The number of hydrogen-bond donors (Lipinski definition) is 2. The lowest BCUT2D eigenvalue weighted by atomic mass is 10.1. The number of nitrogen functional groups attached to an aromatic ring is 1. The van der Waals surface area contributed by atoms with Gasteiger partial charge in [-0.1, -0.05) is 41.4 Å². The van der Waals surface area contributed by atoms with Crippen molar-refractivity contribution < 1.29 is 13.2 Å². The van der Waals surface area contributed by atoms with Crippen LogP contribution in [-0.4, -0.2) is 11.6 Å². The Balaban J connectivity index is 1.89. The number of halogens is 5. The number of nitrogens with two attached hydrogens (primary N) is 1. The number of rotatable bonds is 7. The van der Waals surface area contributed by atoms with Crippen LogP contribution in [0.5, 0.6) is 0 Å². The molecule has 10 heteroatoms. The van der Waals surface area contributed by atoms with Crippen LogP contribution >= 0.6 is 23.2 Å². The average Bonchev–Trinajstić information content (AvgIpc) is 2.77. The van der Waals surface area contributed by atoms with Gasteiger partial charge in [-0.25, -0.2) is 0 Å². The Bertz CT molecular complexity index is 1150. The molecule has 1 aromatic heterocycles. The summed E-state index contributed by atoms with van der Waals surface area (Å²) in [6.07, 6.45) is -3.94. The maximum atomic E-state index is 13.1.